The van der Waals surface area contributed by atoms with Crippen LogP contribution >= 0.6 is 35.3 Å². The van der Waals surface area contributed by atoms with Gasteiger partial charge in [0.05, 0.1) is 0 Å². The smallest absolute Gasteiger partial charge is 0.191 e. The Bertz CT molecular complexity index is 484. The molecule has 1 atom stereocenters. The normalized spacial score (nSPS) is 17.6. The summed E-state index contributed by atoms with van der Waals surface area (Å²) in [5, 5.41) is 9.24. The average Bonchev–Trinajstić information content (AvgIpc) is 3.12. The molecule has 1 unspecified atom stereocenters. The molecule has 1 aliphatic rings. The van der Waals surface area contributed by atoms with Crippen molar-refractivity contribution in [3.05, 3.63) is 22.4 Å². The lowest BCUT2D eigenvalue weighted by atomic mass is 10.0. The van der Waals surface area contributed by atoms with E-state index >= 15 is 0 Å². The maximum absolute atomic E-state index is 4.84. The van der Waals surface area contributed by atoms with Crippen LogP contribution in [0.2, 0.25) is 0 Å². The van der Waals surface area contributed by atoms with Gasteiger partial charge in [-0.2, -0.15) is 0 Å². The first-order valence-electron chi connectivity index (χ1n) is 10.0. The minimum atomic E-state index is 0. The molecule has 1 aromatic heterocycles. The van der Waals surface area contributed by atoms with Crippen LogP contribution in [0.25, 0.3) is 0 Å². The number of hydrogen-bond donors (Lipinski definition) is 2. The zero-order chi connectivity index (χ0) is 17.9. The van der Waals surface area contributed by atoms with E-state index in [1.807, 2.05) is 11.3 Å². The third-order valence-corrected chi connectivity index (χ3v) is 5.69. The van der Waals surface area contributed by atoms with E-state index in [1.165, 1.54) is 50.2 Å². The van der Waals surface area contributed by atoms with Gasteiger partial charge in [-0.3, -0.25) is 4.99 Å². The summed E-state index contributed by atoms with van der Waals surface area (Å²) in [6.45, 7) is 12.2. The van der Waals surface area contributed by atoms with Gasteiger partial charge >= 0.3 is 0 Å². The molecule has 4 nitrogen and oxygen atoms in total. The number of hydrogen-bond acceptors (Lipinski definition) is 3. The van der Waals surface area contributed by atoms with Gasteiger partial charge in [0, 0.05) is 37.1 Å². The number of piperidine rings is 1. The van der Waals surface area contributed by atoms with Crippen molar-refractivity contribution in [1.29, 1.82) is 0 Å². The van der Waals surface area contributed by atoms with Gasteiger partial charge in [0.25, 0.3) is 0 Å². The van der Waals surface area contributed by atoms with E-state index in [0.29, 0.717) is 12.0 Å². The Morgan fingerprint density at radius 3 is 2.73 bits per heavy atom. The third-order valence-electron chi connectivity index (χ3n) is 4.79. The first-order chi connectivity index (χ1) is 12.2. The zero-order valence-corrected chi connectivity index (χ0v) is 19.8. The van der Waals surface area contributed by atoms with Crippen molar-refractivity contribution >= 4 is 41.3 Å². The van der Waals surface area contributed by atoms with E-state index < -0.39 is 0 Å². The predicted octanol–water partition coefficient (Wildman–Crippen LogP) is 4.36. The summed E-state index contributed by atoms with van der Waals surface area (Å²) >= 11 is 1.85. The molecule has 0 saturated carbocycles. The summed E-state index contributed by atoms with van der Waals surface area (Å²) in [4.78, 5) is 8.91. The topological polar surface area (TPSA) is 39.7 Å². The Balaban J connectivity index is 0.00000338. The summed E-state index contributed by atoms with van der Waals surface area (Å²) in [6, 6.07) is 4.91. The Morgan fingerprint density at radius 2 is 2.12 bits per heavy atom. The first-order valence-corrected chi connectivity index (χ1v) is 10.9. The van der Waals surface area contributed by atoms with E-state index in [0.717, 1.165) is 25.5 Å². The van der Waals surface area contributed by atoms with E-state index in [-0.39, 0.29) is 24.0 Å². The largest absolute Gasteiger partial charge is 0.357 e. The molecule has 2 N–H and O–H groups in total. The van der Waals surface area contributed by atoms with Crippen LogP contribution < -0.4 is 10.6 Å². The summed E-state index contributed by atoms with van der Waals surface area (Å²) < 4.78 is 0. The lowest BCUT2D eigenvalue weighted by Crippen LogP contribution is -2.48. The summed E-state index contributed by atoms with van der Waals surface area (Å²) in [5.41, 5.74) is 0. The van der Waals surface area contributed by atoms with Crippen molar-refractivity contribution in [2.24, 2.45) is 10.9 Å². The van der Waals surface area contributed by atoms with Crippen molar-refractivity contribution < 1.29 is 0 Å². The minimum Gasteiger partial charge on any atom is -0.357 e. The average molecular weight is 493 g/mol. The van der Waals surface area contributed by atoms with Crippen LogP contribution in [-0.2, 0) is 6.42 Å². The minimum absolute atomic E-state index is 0. The van der Waals surface area contributed by atoms with Crippen molar-refractivity contribution in [1.82, 2.24) is 15.5 Å². The van der Waals surface area contributed by atoms with Crippen LogP contribution in [0.3, 0.4) is 0 Å². The molecule has 2 heterocycles. The van der Waals surface area contributed by atoms with Gasteiger partial charge in [0.15, 0.2) is 5.96 Å². The number of halogens is 1. The molecule has 1 fully saturated rings. The standard InChI is InChI=1S/C20H36N4S.HI/c1-4-6-11-24-12-9-18(10-13-24)23-20(21-5-2)22-16-17(3)15-19-8-7-14-25-19;/h7-8,14,17-18H,4-6,9-13,15-16H2,1-3H3,(H2,21,22,23);1H. The van der Waals surface area contributed by atoms with Crippen molar-refractivity contribution in [3.63, 3.8) is 0 Å². The molecular formula is C20H37IN4S. The Morgan fingerprint density at radius 1 is 1.35 bits per heavy atom. The molecule has 0 aromatic carbocycles. The molecule has 0 bridgehead atoms. The Kier molecular flexibility index (Phi) is 12.6. The van der Waals surface area contributed by atoms with Crippen molar-refractivity contribution in [2.45, 2.75) is 58.9 Å². The van der Waals surface area contributed by atoms with Crippen LogP contribution in [0.1, 0.15) is 51.3 Å². The van der Waals surface area contributed by atoms with Gasteiger partial charge in [-0.15, -0.1) is 35.3 Å². The molecule has 6 heteroatoms. The van der Waals surface area contributed by atoms with Gasteiger partial charge < -0.3 is 15.5 Å². The highest BCUT2D eigenvalue weighted by Crippen LogP contribution is 2.15. The molecule has 1 aromatic rings. The second-order valence-electron chi connectivity index (χ2n) is 7.22. The van der Waals surface area contributed by atoms with E-state index in [1.54, 1.807) is 0 Å². The maximum atomic E-state index is 4.84. The monoisotopic (exact) mass is 492 g/mol. The van der Waals surface area contributed by atoms with E-state index in [2.05, 4.69) is 53.8 Å². The van der Waals surface area contributed by atoms with Crippen molar-refractivity contribution in [3.8, 4) is 0 Å². The van der Waals surface area contributed by atoms with Crippen LogP contribution in [0.5, 0.6) is 0 Å². The lowest BCUT2D eigenvalue weighted by Gasteiger charge is -2.33. The Labute approximate surface area is 181 Å². The fourth-order valence-corrected chi connectivity index (χ4v) is 4.15. The first kappa shape index (κ1) is 23.7. The van der Waals surface area contributed by atoms with Crippen molar-refractivity contribution in [2.75, 3.05) is 32.7 Å². The van der Waals surface area contributed by atoms with Gasteiger partial charge in [0.2, 0.25) is 0 Å². The highest BCUT2D eigenvalue weighted by Gasteiger charge is 2.19. The fraction of sp³-hybridized carbons (Fsp3) is 0.750. The molecular weight excluding hydrogens is 455 g/mol. The number of nitrogens with zero attached hydrogens (tertiary/aromatic N) is 2. The summed E-state index contributed by atoms with van der Waals surface area (Å²) in [6.07, 6.45) is 6.18. The van der Waals surface area contributed by atoms with Gasteiger partial charge in [-0.25, -0.2) is 0 Å². The molecule has 1 saturated heterocycles. The fourth-order valence-electron chi connectivity index (χ4n) is 3.28. The maximum Gasteiger partial charge on any atom is 0.191 e. The molecule has 26 heavy (non-hydrogen) atoms. The SMILES string of the molecule is CCCCN1CCC(NC(=NCC(C)Cc2cccs2)NCC)CC1.I. The molecule has 0 amide bonds. The van der Waals surface area contributed by atoms with Crippen LogP contribution in [0.15, 0.2) is 22.5 Å². The molecule has 0 spiro atoms. The molecule has 0 radical (unpaired) electrons. The van der Waals surface area contributed by atoms with Crippen LogP contribution in [0, 0.1) is 5.92 Å². The van der Waals surface area contributed by atoms with Gasteiger partial charge in [-0.1, -0.05) is 26.3 Å². The number of unbranched alkanes of at least 4 members (excludes halogenated alkanes) is 1. The predicted molar refractivity (Wildman–Crippen MR) is 126 cm³/mol. The number of aliphatic imine (C=N–C) groups is 1. The van der Waals surface area contributed by atoms with Gasteiger partial charge in [0.1, 0.15) is 0 Å². The number of nitrogens with one attached hydrogen (secondary N) is 2. The third kappa shape index (κ3) is 9.04. The highest BCUT2D eigenvalue weighted by atomic mass is 127. The second-order valence-corrected chi connectivity index (χ2v) is 8.25. The number of rotatable bonds is 9. The molecule has 1 aliphatic heterocycles. The quantitative estimate of drug-likeness (QED) is 0.306. The molecule has 150 valence electrons. The number of likely N-dealkylation sites (tertiary alicyclic amines) is 1. The number of guanidine groups is 1. The summed E-state index contributed by atoms with van der Waals surface area (Å²) in [5.74, 6) is 1.57. The zero-order valence-electron chi connectivity index (χ0n) is 16.7. The summed E-state index contributed by atoms with van der Waals surface area (Å²) in [7, 11) is 0. The van der Waals surface area contributed by atoms with E-state index in [9.17, 15) is 0 Å². The Hall–Kier alpha value is -0.340. The second kappa shape index (κ2) is 13.8. The van der Waals surface area contributed by atoms with Gasteiger partial charge in [-0.05, 0) is 56.5 Å². The molecule has 2 rings (SSSR count). The van der Waals surface area contributed by atoms with E-state index in [4.69, 9.17) is 4.99 Å². The molecule has 0 aliphatic carbocycles. The van der Waals surface area contributed by atoms with Crippen LogP contribution in [-0.4, -0.2) is 49.6 Å². The number of thiophene rings is 1. The highest BCUT2D eigenvalue weighted by molar-refractivity contribution is 14.0. The van der Waals surface area contributed by atoms with Crippen LogP contribution in [0.4, 0.5) is 0 Å². The lowest BCUT2D eigenvalue weighted by molar-refractivity contribution is 0.203.